The van der Waals surface area contributed by atoms with E-state index in [-0.39, 0.29) is 5.56 Å². The van der Waals surface area contributed by atoms with Crippen LogP contribution >= 0.6 is 11.6 Å². The van der Waals surface area contributed by atoms with Crippen LogP contribution in [0.5, 0.6) is 0 Å². The van der Waals surface area contributed by atoms with Gasteiger partial charge in [0.15, 0.2) is 5.82 Å². The van der Waals surface area contributed by atoms with Gasteiger partial charge in [-0.25, -0.2) is 14.6 Å². The molecule has 0 saturated carbocycles. The van der Waals surface area contributed by atoms with Gasteiger partial charge in [-0.2, -0.15) is 5.10 Å². The third kappa shape index (κ3) is 4.38. The molecule has 3 heterocycles. The number of nitrogens with zero attached hydrogens (tertiary/aromatic N) is 4. The van der Waals surface area contributed by atoms with Gasteiger partial charge in [0.1, 0.15) is 5.82 Å². The summed E-state index contributed by atoms with van der Waals surface area (Å²) in [5.41, 5.74) is 4.41. The summed E-state index contributed by atoms with van der Waals surface area (Å²) in [5, 5.41) is 5.47. The van der Waals surface area contributed by atoms with Crippen LogP contribution in [-0.2, 0) is 6.42 Å². The quantitative estimate of drug-likeness (QED) is 0.532. The number of aryl methyl sites for hydroxylation is 3. The van der Waals surface area contributed by atoms with Crippen molar-refractivity contribution in [1.29, 1.82) is 0 Å². The number of benzene rings is 1. The Morgan fingerprint density at radius 1 is 1.10 bits per heavy atom. The predicted octanol–water partition coefficient (Wildman–Crippen LogP) is 4.70. The van der Waals surface area contributed by atoms with Crippen molar-refractivity contribution in [2.24, 2.45) is 0 Å². The van der Waals surface area contributed by atoms with E-state index in [4.69, 9.17) is 11.6 Å². The van der Waals surface area contributed by atoms with Gasteiger partial charge < -0.3 is 4.98 Å². The van der Waals surface area contributed by atoms with Gasteiger partial charge in [-0.1, -0.05) is 31.5 Å². The zero-order chi connectivity index (χ0) is 21.1. The highest BCUT2D eigenvalue weighted by Crippen LogP contribution is 2.20. The van der Waals surface area contributed by atoms with Crippen molar-refractivity contribution >= 4 is 22.5 Å². The molecule has 0 aliphatic rings. The first-order valence-electron chi connectivity index (χ1n) is 9.58. The molecule has 1 aromatic carbocycles. The third-order valence-electron chi connectivity index (χ3n) is 4.57. The van der Waals surface area contributed by atoms with Crippen LogP contribution in [0.25, 0.3) is 16.7 Å². The van der Waals surface area contributed by atoms with Crippen molar-refractivity contribution < 1.29 is 0 Å². The van der Waals surface area contributed by atoms with Crippen LogP contribution in [0.3, 0.4) is 0 Å². The number of rotatable bonds is 3. The highest BCUT2D eigenvalue weighted by Gasteiger charge is 2.09. The Morgan fingerprint density at radius 3 is 2.48 bits per heavy atom. The normalized spacial score (nSPS) is 10.7. The number of hydrogen-bond acceptors (Lipinski definition) is 4. The molecule has 29 heavy (non-hydrogen) atoms. The number of hydrogen-bond donors (Lipinski definition) is 1. The van der Waals surface area contributed by atoms with E-state index in [9.17, 15) is 4.79 Å². The summed E-state index contributed by atoms with van der Waals surface area (Å²) in [4.78, 5) is 24.3. The lowest BCUT2D eigenvalue weighted by molar-refractivity contribution is 0.828. The molecule has 4 aromatic rings. The second-order valence-electron chi connectivity index (χ2n) is 6.67. The van der Waals surface area contributed by atoms with Crippen molar-refractivity contribution in [1.82, 2.24) is 24.7 Å². The lowest BCUT2D eigenvalue weighted by Crippen LogP contribution is -2.13. The summed E-state index contributed by atoms with van der Waals surface area (Å²) in [5.74, 6) is 1.35. The predicted molar refractivity (Wildman–Crippen MR) is 117 cm³/mol. The first kappa shape index (κ1) is 20.7. The monoisotopic (exact) mass is 409 g/mol. The second-order valence-corrected chi connectivity index (χ2v) is 7.11. The van der Waals surface area contributed by atoms with E-state index in [1.54, 1.807) is 16.9 Å². The lowest BCUT2D eigenvalue weighted by atomic mass is 10.1. The lowest BCUT2D eigenvalue weighted by Gasteiger charge is -2.07. The van der Waals surface area contributed by atoms with Crippen LogP contribution in [0.2, 0.25) is 5.02 Å². The maximum atomic E-state index is 12.4. The number of halogens is 1. The summed E-state index contributed by atoms with van der Waals surface area (Å²) in [6.45, 7) is 9.88. The average Bonchev–Trinajstić information content (AvgIpc) is 3.04. The van der Waals surface area contributed by atoms with E-state index in [1.807, 2.05) is 59.0 Å². The fourth-order valence-electron chi connectivity index (χ4n) is 3.02. The van der Waals surface area contributed by atoms with Crippen LogP contribution in [-0.4, -0.2) is 24.7 Å². The van der Waals surface area contributed by atoms with Gasteiger partial charge >= 0.3 is 0 Å². The van der Waals surface area contributed by atoms with Crippen LogP contribution in [0.15, 0.2) is 41.5 Å². The Labute approximate surface area is 174 Å². The molecule has 6 nitrogen and oxygen atoms in total. The van der Waals surface area contributed by atoms with E-state index in [2.05, 4.69) is 20.1 Å². The molecular formula is C22H24ClN5O. The molecule has 0 aliphatic heterocycles. The van der Waals surface area contributed by atoms with E-state index in [1.165, 1.54) is 0 Å². The fourth-order valence-corrected chi connectivity index (χ4v) is 3.29. The van der Waals surface area contributed by atoms with Gasteiger partial charge in [-0.05, 0) is 55.7 Å². The molecular weight excluding hydrogens is 386 g/mol. The van der Waals surface area contributed by atoms with E-state index < -0.39 is 0 Å². The summed E-state index contributed by atoms with van der Waals surface area (Å²) in [6.07, 6.45) is 4.21. The van der Waals surface area contributed by atoms with Gasteiger partial charge in [-0.3, -0.25) is 4.79 Å². The Morgan fingerprint density at radius 2 is 1.86 bits per heavy atom. The Hall–Kier alpha value is -2.99. The van der Waals surface area contributed by atoms with Crippen molar-refractivity contribution in [3.8, 4) is 5.82 Å². The highest BCUT2D eigenvalue weighted by molar-refractivity contribution is 6.31. The molecule has 0 spiro atoms. The average molecular weight is 410 g/mol. The minimum absolute atomic E-state index is 0.187. The molecule has 3 aromatic heterocycles. The standard InChI is InChI=1S/C20H18ClN5O.C2H6/c1-11-6-15(21)8-16-19(11)23-17(24-20(16)27)7-14-4-5-18(22-9-14)26-10-12(2)13(3)25-26;1-2/h4-6,8-10H,7H2,1-3H3,(H,23,24,27);1-2H3. The number of fused-ring (bicyclic) bond motifs is 1. The van der Waals surface area contributed by atoms with Crippen LogP contribution < -0.4 is 5.56 Å². The molecule has 0 radical (unpaired) electrons. The molecule has 1 N–H and O–H groups in total. The Balaban J connectivity index is 0.00000117. The number of aromatic nitrogens is 5. The molecule has 0 amide bonds. The van der Waals surface area contributed by atoms with E-state index in [0.717, 1.165) is 28.2 Å². The molecule has 4 rings (SSSR count). The minimum Gasteiger partial charge on any atom is -0.310 e. The van der Waals surface area contributed by atoms with Gasteiger partial charge in [0.2, 0.25) is 0 Å². The molecule has 0 bridgehead atoms. The molecule has 0 atom stereocenters. The zero-order valence-corrected chi connectivity index (χ0v) is 18.0. The topological polar surface area (TPSA) is 76.5 Å². The minimum atomic E-state index is -0.187. The molecule has 0 aliphatic carbocycles. The van der Waals surface area contributed by atoms with Gasteiger partial charge in [0, 0.05) is 23.8 Å². The molecule has 150 valence electrons. The summed E-state index contributed by atoms with van der Waals surface area (Å²) in [7, 11) is 0. The molecule has 0 unspecified atom stereocenters. The highest BCUT2D eigenvalue weighted by atomic mass is 35.5. The molecule has 0 fully saturated rings. The zero-order valence-electron chi connectivity index (χ0n) is 17.2. The van der Waals surface area contributed by atoms with Crippen molar-refractivity contribution in [2.75, 3.05) is 0 Å². The van der Waals surface area contributed by atoms with Gasteiger partial charge in [0.05, 0.1) is 16.6 Å². The SMILES string of the molecule is CC.Cc1cn(-c2ccc(Cc3nc4c(C)cc(Cl)cc4c(=O)[nH]3)cn2)nc1C. The Bertz CT molecular complexity index is 1190. The largest absolute Gasteiger partial charge is 0.310 e. The first-order valence-corrected chi connectivity index (χ1v) is 9.96. The number of H-pyrrole nitrogens is 1. The van der Waals surface area contributed by atoms with Crippen molar-refractivity contribution in [3.63, 3.8) is 0 Å². The smallest absolute Gasteiger partial charge is 0.258 e. The number of pyridine rings is 1. The fraction of sp³-hybridized carbons (Fsp3) is 0.273. The summed E-state index contributed by atoms with van der Waals surface area (Å²) < 4.78 is 1.76. The van der Waals surface area contributed by atoms with Gasteiger partial charge in [-0.15, -0.1) is 0 Å². The first-order chi connectivity index (χ1) is 13.9. The summed E-state index contributed by atoms with van der Waals surface area (Å²) >= 11 is 6.05. The van der Waals surface area contributed by atoms with E-state index >= 15 is 0 Å². The third-order valence-corrected chi connectivity index (χ3v) is 4.79. The number of aromatic amines is 1. The van der Waals surface area contributed by atoms with Crippen molar-refractivity contribution in [3.05, 3.63) is 80.2 Å². The maximum Gasteiger partial charge on any atom is 0.258 e. The van der Waals surface area contributed by atoms with Crippen molar-refractivity contribution in [2.45, 2.75) is 41.0 Å². The summed E-state index contributed by atoms with van der Waals surface area (Å²) in [6, 6.07) is 7.33. The molecule has 7 heteroatoms. The Kier molecular flexibility index (Phi) is 6.13. The van der Waals surface area contributed by atoms with Crippen LogP contribution in [0.4, 0.5) is 0 Å². The molecule has 0 saturated heterocycles. The van der Waals surface area contributed by atoms with Gasteiger partial charge in [0.25, 0.3) is 5.56 Å². The maximum absolute atomic E-state index is 12.4. The van der Waals surface area contributed by atoms with Crippen LogP contribution in [0.1, 0.15) is 42.1 Å². The number of nitrogens with one attached hydrogen (secondary N) is 1. The second kappa shape index (κ2) is 8.57. The van der Waals surface area contributed by atoms with Crippen LogP contribution in [0, 0.1) is 20.8 Å². The van der Waals surface area contributed by atoms with E-state index in [0.29, 0.717) is 28.2 Å².